The first kappa shape index (κ1) is 15.9. The zero-order valence-corrected chi connectivity index (χ0v) is 14.2. The van der Waals surface area contributed by atoms with Crippen molar-refractivity contribution in [2.24, 2.45) is 0 Å². The van der Waals surface area contributed by atoms with E-state index in [4.69, 9.17) is 4.52 Å². The van der Waals surface area contributed by atoms with Gasteiger partial charge in [-0.15, -0.1) is 11.8 Å². The van der Waals surface area contributed by atoms with Crippen LogP contribution in [0, 0.1) is 6.92 Å². The molecule has 1 aromatic heterocycles. The monoisotopic (exact) mass is 323 g/mol. The van der Waals surface area contributed by atoms with Crippen molar-refractivity contribution in [3.63, 3.8) is 0 Å². The fraction of sp³-hybridized carbons (Fsp3) is 0.750. The summed E-state index contributed by atoms with van der Waals surface area (Å²) < 4.78 is 5.42. The predicted octanol–water partition coefficient (Wildman–Crippen LogP) is 2.84. The van der Waals surface area contributed by atoms with Crippen LogP contribution in [0.25, 0.3) is 0 Å². The first-order valence-corrected chi connectivity index (χ1v) is 9.19. The number of rotatable bonds is 3. The number of thioether (sulfide) groups is 1. The van der Waals surface area contributed by atoms with Crippen LogP contribution in [-0.2, 0) is 0 Å². The van der Waals surface area contributed by atoms with E-state index in [1.54, 1.807) is 11.8 Å². The van der Waals surface area contributed by atoms with Crippen LogP contribution in [0.5, 0.6) is 0 Å². The quantitative estimate of drug-likeness (QED) is 0.927. The van der Waals surface area contributed by atoms with Crippen molar-refractivity contribution < 1.29 is 9.32 Å². The Morgan fingerprint density at radius 3 is 2.86 bits per heavy atom. The molecule has 1 aromatic rings. The highest BCUT2D eigenvalue weighted by Gasteiger charge is 2.31. The highest BCUT2D eigenvalue weighted by atomic mass is 32.2. The molecule has 1 atom stereocenters. The Labute approximate surface area is 136 Å². The summed E-state index contributed by atoms with van der Waals surface area (Å²) in [4.78, 5) is 15.7. The van der Waals surface area contributed by atoms with E-state index in [0.717, 1.165) is 30.2 Å². The van der Waals surface area contributed by atoms with Gasteiger partial charge in [0.25, 0.3) is 5.91 Å². The average Bonchev–Trinajstić information content (AvgIpc) is 2.89. The SMILES string of the molecule is Cc1noc(C(=O)N2CCNCC2C)c1SC1CCCCC1. The fourth-order valence-electron chi connectivity index (χ4n) is 3.26. The standard InChI is InChI=1S/C16H25N3O2S/c1-11-10-17-8-9-19(11)16(20)14-15(12(2)18-21-14)22-13-6-4-3-5-7-13/h11,13,17H,3-10H2,1-2H3. The zero-order valence-electron chi connectivity index (χ0n) is 13.4. The molecule has 0 spiro atoms. The Hall–Kier alpha value is -1.01. The minimum absolute atomic E-state index is 0.00657. The van der Waals surface area contributed by atoms with E-state index in [9.17, 15) is 4.79 Å². The molecule has 1 saturated carbocycles. The van der Waals surface area contributed by atoms with Gasteiger partial charge in [0.15, 0.2) is 0 Å². The van der Waals surface area contributed by atoms with Gasteiger partial charge in [0, 0.05) is 30.9 Å². The number of piperazine rings is 1. The number of hydrogen-bond donors (Lipinski definition) is 1. The smallest absolute Gasteiger partial charge is 0.294 e. The van der Waals surface area contributed by atoms with Crippen molar-refractivity contribution in [1.29, 1.82) is 0 Å². The molecular formula is C16H25N3O2S. The average molecular weight is 323 g/mol. The highest BCUT2D eigenvalue weighted by Crippen LogP contribution is 2.37. The normalized spacial score (nSPS) is 23.7. The third kappa shape index (κ3) is 3.33. The fourth-order valence-corrected chi connectivity index (χ4v) is 4.60. The van der Waals surface area contributed by atoms with Gasteiger partial charge in [-0.2, -0.15) is 0 Å². The van der Waals surface area contributed by atoms with Gasteiger partial charge in [-0.25, -0.2) is 0 Å². The Morgan fingerprint density at radius 1 is 1.36 bits per heavy atom. The Balaban J connectivity index is 1.77. The van der Waals surface area contributed by atoms with E-state index in [-0.39, 0.29) is 11.9 Å². The molecular weight excluding hydrogens is 298 g/mol. The van der Waals surface area contributed by atoms with Gasteiger partial charge in [-0.05, 0) is 26.7 Å². The van der Waals surface area contributed by atoms with Crippen molar-refractivity contribution >= 4 is 17.7 Å². The molecule has 1 aliphatic heterocycles. The number of aryl methyl sites for hydroxylation is 1. The summed E-state index contributed by atoms with van der Waals surface area (Å²) in [5.41, 5.74) is 0.849. The molecule has 2 aliphatic rings. The Kier molecular flexibility index (Phi) is 5.08. The van der Waals surface area contributed by atoms with E-state index in [1.165, 1.54) is 32.1 Å². The van der Waals surface area contributed by atoms with Gasteiger partial charge in [0.05, 0.1) is 10.6 Å². The lowest BCUT2D eigenvalue weighted by molar-refractivity contribution is 0.0608. The maximum absolute atomic E-state index is 12.8. The van der Waals surface area contributed by atoms with Crippen LogP contribution in [-0.4, -0.2) is 46.9 Å². The molecule has 1 aliphatic carbocycles. The van der Waals surface area contributed by atoms with Crippen LogP contribution >= 0.6 is 11.8 Å². The van der Waals surface area contributed by atoms with Crippen LogP contribution in [0.3, 0.4) is 0 Å². The first-order chi connectivity index (χ1) is 10.7. The largest absolute Gasteiger partial charge is 0.350 e. The van der Waals surface area contributed by atoms with Gasteiger partial charge < -0.3 is 14.7 Å². The van der Waals surface area contributed by atoms with Gasteiger partial charge >= 0.3 is 0 Å². The van der Waals surface area contributed by atoms with Gasteiger partial charge in [0.2, 0.25) is 5.76 Å². The Bertz CT molecular complexity index is 525. The first-order valence-electron chi connectivity index (χ1n) is 8.31. The van der Waals surface area contributed by atoms with E-state index in [0.29, 0.717) is 11.0 Å². The van der Waals surface area contributed by atoms with Crippen molar-refractivity contribution in [3.8, 4) is 0 Å². The summed E-state index contributed by atoms with van der Waals surface area (Å²) >= 11 is 1.80. The van der Waals surface area contributed by atoms with Crippen LogP contribution in [0.4, 0.5) is 0 Å². The molecule has 3 rings (SSSR count). The van der Waals surface area contributed by atoms with Crippen molar-refractivity contribution in [2.75, 3.05) is 19.6 Å². The van der Waals surface area contributed by atoms with Gasteiger partial charge in [-0.3, -0.25) is 4.79 Å². The molecule has 0 radical (unpaired) electrons. The van der Waals surface area contributed by atoms with E-state index < -0.39 is 0 Å². The molecule has 5 nitrogen and oxygen atoms in total. The number of nitrogens with zero attached hydrogens (tertiary/aromatic N) is 2. The van der Waals surface area contributed by atoms with Crippen molar-refractivity contribution in [1.82, 2.24) is 15.4 Å². The molecule has 1 saturated heterocycles. The van der Waals surface area contributed by atoms with E-state index >= 15 is 0 Å². The Morgan fingerprint density at radius 2 is 2.14 bits per heavy atom. The summed E-state index contributed by atoms with van der Waals surface area (Å²) in [5.74, 6) is 0.440. The molecule has 1 amide bonds. The van der Waals surface area contributed by atoms with E-state index in [1.807, 2.05) is 11.8 Å². The number of nitrogens with one attached hydrogen (secondary N) is 1. The molecule has 2 heterocycles. The second-order valence-electron chi connectivity index (χ2n) is 6.36. The van der Waals surface area contributed by atoms with Gasteiger partial charge in [-0.1, -0.05) is 24.4 Å². The third-order valence-corrected chi connectivity index (χ3v) is 6.12. The molecule has 0 bridgehead atoms. The lowest BCUT2D eigenvalue weighted by Crippen LogP contribution is -2.52. The predicted molar refractivity (Wildman–Crippen MR) is 87.3 cm³/mol. The summed E-state index contributed by atoms with van der Waals surface area (Å²) in [6.45, 7) is 6.42. The topological polar surface area (TPSA) is 58.4 Å². The minimum atomic E-state index is -0.00657. The number of amides is 1. The summed E-state index contributed by atoms with van der Waals surface area (Å²) in [6, 6.07) is 0.194. The van der Waals surface area contributed by atoms with Crippen molar-refractivity contribution in [2.45, 2.75) is 62.1 Å². The summed E-state index contributed by atoms with van der Waals surface area (Å²) in [7, 11) is 0. The lowest BCUT2D eigenvalue weighted by Gasteiger charge is -2.33. The lowest BCUT2D eigenvalue weighted by atomic mass is 10.0. The van der Waals surface area contributed by atoms with E-state index in [2.05, 4.69) is 17.4 Å². The van der Waals surface area contributed by atoms with Crippen LogP contribution in [0.15, 0.2) is 9.42 Å². The maximum atomic E-state index is 12.8. The molecule has 6 heteroatoms. The minimum Gasteiger partial charge on any atom is -0.350 e. The zero-order chi connectivity index (χ0) is 15.5. The number of carbonyl (C=O) groups excluding carboxylic acids is 1. The van der Waals surface area contributed by atoms with Gasteiger partial charge in [0.1, 0.15) is 0 Å². The molecule has 22 heavy (non-hydrogen) atoms. The van der Waals surface area contributed by atoms with Crippen molar-refractivity contribution in [3.05, 3.63) is 11.5 Å². The molecule has 1 unspecified atom stereocenters. The van der Waals surface area contributed by atoms with Crippen LogP contribution in [0.1, 0.15) is 55.3 Å². The molecule has 0 aromatic carbocycles. The number of hydrogen-bond acceptors (Lipinski definition) is 5. The molecule has 1 N–H and O–H groups in total. The molecule has 2 fully saturated rings. The maximum Gasteiger partial charge on any atom is 0.294 e. The summed E-state index contributed by atoms with van der Waals surface area (Å²) in [6.07, 6.45) is 6.38. The number of aromatic nitrogens is 1. The second-order valence-corrected chi connectivity index (χ2v) is 7.67. The van der Waals surface area contributed by atoms with Crippen LogP contribution in [0.2, 0.25) is 0 Å². The second kappa shape index (κ2) is 7.04. The number of carbonyl (C=O) groups is 1. The summed E-state index contributed by atoms with van der Waals surface area (Å²) in [5, 5.41) is 7.97. The molecule has 122 valence electrons. The highest BCUT2D eigenvalue weighted by molar-refractivity contribution is 8.00. The third-order valence-electron chi connectivity index (χ3n) is 4.60. The van der Waals surface area contributed by atoms with Crippen LogP contribution < -0.4 is 5.32 Å².